The molecule has 0 saturated carbocycles. The molecule has 22 heavy (non-hydrogen) atoms. The van der Waals surface area contributed by atoms with Crippen LogP contribution in [0.2, 0.25) is 0 Å². The van der Waals surface area contributed by atoms with Crippen LogP contribution in [0.5, 0.6) is 0 Å². The first kappa shape index (κ1) is 15.2. The third-order valence-corrected chi connectivity index (χ3v) is 5.12. The first-order valence-corrected chi connectivity index (χ1v) is 8.23. The van der Waals surface area contributed by atoms with E-state index in [0.29, 0.717) is 6.54 Å². The standard InChI is InChI=1S/C17H18FNO2S/c18-14-5-1-3-12(9-14)16-7-6-15(22-16)11-19-8-2-4-13(10-19)17(20)21/h1,3,5-7,9,13H,2,4,8,10-11H2,(H,20,21). The van der Waals surface area contributed by atoms with Crippen LogP contribution in [0.1, 0.15) is 17.7 Å². The largest absolute Gasteiger partial charge is 0.481 e. The molecule has 0 amide bonds. The van der Waals surface area contributed by atoms with Crippen LogP contribution in [-0.4, -0.2) is 29.1 Å². The van der Waals surface area contributed by atoms with E-state index in [1.165, 1.54) is 17.0 Å². The Bertz CT molecular complexity index is 670. The van der Waals surface area contributed by atoms with Crippen molar-refractivity contribution in [2.24, 2.45) is 5.92 Å². The summed E-state index contributed by atoms with van der Waals surface area (Å²) in [6.45, 7) is 2.32. The Morgan fingerprint density at radius 2 is 2.23 bits per heavy atom. The predicted molar refractivity (Wildman–Crippen MR) is 85.3 cm³/mol. The Balaban J connectivity index is 1.68. The topological polar surface area (TPSA) is 40.5 Å². The zero-order valence-electron chi connectivity index (χ0n) is 12.2. The van der Waals surface area contributed by atoms with Gasteiger partial charge in [-0.2, -0.15) is 0 Å². The maximum atomic E-state index is 13.3. The molecule has 0 radical (unpaired) electrons. The number of rotatable bonds is 4. The van der Waals surface area contributed by atoms with Crippen LogP contribution in [0.25, 0.3) is 10.4 Å². The van der Waals surface area contributed by atoms with Gasteiger partial charge in [-0.05, 0) is 49.2 Å². The van der Waals surface area contributed by atoms with E-state index >= 15 is 0 Å². The Labute approximate surface area is 133 Å². The van der Waals surface area contributed by atoms with Gasteiger partial charge in [0, 0.05) is 22.8 Å². The van der Waals surface area contributed by atoms with Crippen LogP contribution in [0, 0.1) is 11.7 Å². The Morgan fingerprint density at radius 1 is 1.36 bits per heavy atom. The molecule has 116 valence electrons. The molecule has 1 unspecified atom stereocenters. The van der Waals surface area contributed by atoms with E-state index in [1.54, 1.807) is 17.4 Å². The molecule has 1 atom stereocenters. The molecule has 5 heteroatoms. The molecule has 1 aromatic carbocycles. The summed E-state index contributed by atoms with van der Waals surface area (Å²) in [6, 6.07) is 10.7. The number of piperidine rings is 1. The second-order valence-corrected chi connectivity index (χ2v) is 6.86. The van der Waals surface area contributed by atoms with E-state index in [1.807, 2.05) is 12.1 Å². The molecule has 1 aliphatic rings. The van der Waals surface area contributed by atoms with Crippen LogP contribution in [0.3, 0.4) is 0 Å². The van der Waals surface area contributed by atoms with Gasteiger partial charge in [-0.1, -0.05) is 12.1 Å². The van der Waals surface area contributed by atoms with E-state index in [9.17, 15) is 9.18 Å². The monoisotopic (exact) mass is 319 g/mol. The zero-order chi connectivity index (χ0) is 15.5. The first-order chi connectivity index (χ1) is 10.6. The molecular weight excluding hydrogens is 301 g/mol. The first-order valence-electron chi connectivity index (χ1n) is 7.41. The maximum absolute atomic E-state index is 13.3. The fraction of sp³-hybridized carbons (Fsp3) is 0.353. The Hall–Kier alpha value is -1.72. The molecule has 1 aliphatic heterocycles. The summed E-state index contributed by atoms with van der Waals surface area (Å²) in [7, 11) is 0. The molecule has 0 aliphatic carbocycles. The summed E-state index contributed by atoms with van der Waals surface area (Å²) >= 11 is 1.64. The molecule has 0 spiro atoms. The number of carboxylic acids is 1. The number of likely N-dealkylation sites (tertiary alicyclic amines) is 1. The second kappa shape index (κ2) is 6.58. The number of benzene rings is 1. The average molecular weight is 319 g/mol. The molecule has 0 bridgehead atoms. The lowest BCUT2D eigenvalue weighted by Crippen LogP contribution is -2.37. The highest BCUT2D eigenvalue weighted by molar-refractivity contribution is 7.15. The second-order valence-electron chi connectivity index (χ2n) is 5.69. The summed E-state index contributed by atoms with van der Waals surface area (Å²) in [5.74, 6) is -1.18. The molecule has 1 saturated heterocycles. The summed E-state index contributed by atoms with van der Waals surface area (Å²) < 4.78 is 13.3. The summed E-state index contributed by atoms with van der Waals surface area (Å²) in [4.78, 5) is 15.5. The Morgan fingerprint density at radius 3 is 3.00 bits per heavy atom. The molecule has 3 nitrogen and oxygen atoms in total. The number of thiophene rings is 1. The zero-order valence-corrected chi connectivity index (χ0v) is 13.0. The van der Waals surface area contributed by atoms with Gasteiger partial charge in [0.15, 0.2) is 0 Å². The SMILES string of the molecule is O=C(O)C1CCCN(Cc2ccc(-c3cccc(F)c3)s2)C1. The highest BCUT2D eigenvalue weighted by atomic mass is 32.1. The molecule has 2 heterocycles. The van der Waals surface area contributed by atoms with Gasteiger partial charge in [-0.3, -0.25) is 9.69 Å². The number of hydrogen-bond donors (Lipinski definition) is 1. The number of hydrogen-bond acceptors (Lipinski definition) is 3. The van der Waals surface area contributed by atoms with Crippen LogP contribution < -0.4 is 0 Å². The van der Waals surface area contributed by atoms with Crippen molar-refractivity contribution < 1.29 is 14.3 Å². The van der Waals surface area contributed by atoms with Crippen LogP contribution >= 0.6 is 11.3 Å². The molecule has 1 aromatic heterocycles. The van der Waals surface area contributed by atoms with E-state index in [4.69, 9.17) is 5.11 Å². The lowest BCUT2D eigenvalue weighted by molar-refractivity contribution is -0.143. The maximum Gasteiger partial charge on any atom is 0.307 e. The predicted octanol–water partition coefficient (Wildman–Crippen LogP) is 3.85. The quantitative estimate of drug-likeness (QED) is 0.930. The van der Waals surface area contributed by atoms with Crippen molar-refractivity contribution in [2.45, 2.75) is 19.4 Å². The highest BCUT2D eigenvalue weighted by Crippen LogP contribution is 2.30. The van der Waals surface area contributed by atoms with Crippen LogP contribution in [0.4, 0.5) is 4.39 Å². The van der Waals surface area contributed by atoms with Gasteiger partial charge in [-0.15, -0.1) is 11.3 Å². The van der Waals surface area contributed by atoms with E-state index in [0.717, 1.165) is 36.4 Å². The van der Waals surface area contributed by atoms with Gasteiger partial charge in [-0.25, -0.2) is 4.39 Å². The van der Waals surface area contributed by atoms with Crippen molar-refractivity contribution in [3.05, 3.63) is 47.1 Å². The van der Waals surface area contributed by atoms with Gasteiger partial charge in [0.05, 0.1) is 5.92 Å². The number of aliphatic carboxylic acids is 1. The van der Waals surface area contributed by atoms with Crippen molar-refractivity contribution in [2.75, 3.05) is 13.1 Å². The molecular formula is C17H18FNO2S. The van der Waals surface area contributed by atoms with E-state index in [-0.39, 0.29) is 11.7 Å². The lowest BCUT2D eigenvalue weighted by Gasteiger charge is -2.30. The van der Waals surface area contributed by atoms with Gasteiger partial charge in [0.1, 0.15) is 5.82 Å². The van der Waals surface area contributed by atoms with Crippen molar-refractivity contribution in [3.63, 3.8) is 0 Å². The van der Waals surface area contributed by atoms with Crippen LogP contribution in [-0.2, 0) is 11.3 Å². The number of nitrogens with zero attached hydrogens (tertiary/aromatic N) is 1. The Kier molecular flexibility index (Phi) is 4.55. The van der Waals surface area contributed by atoms with Crippen LogP contribution in [0.15, 0.2) is 36.4 Å². The van der Waals surface area contributed by atoms with E-state index in [2.05, 4.69) is 11.0 Å². The van der Waals surface area contributed by atoms with Gasteiger partial charge in [0.2, 0.25) is 0 Å². The number of halogens is 1. The van der Waals surface area contributed by atoms with Gasteiger partial charge in [0.25, 0.3) is 0 Å². The molecule has 1 N–H and O–H groups in total. The lowest BCUT2D eigenvalue weighted by atomic mass is 9.98. The molecule has 2 aromatic rings. The van der Waals surface area contributed by atoms with Crippen molar-refractivity contribution in [1.29, 1.82) is 0 Å². The third-order valence-electron chi connectivity index (χ3n) is 4.00. The van der Waals surface area contributed by atoms with Crippen molar-refractivity contribution in [1.82, 2.24) is 4.90 Å². The summed E-state index contributed by atoms with van der Waals surface area (Å²) in [5.41, 5.74) is 0.887. The minimum atomic E-state index is -0.698. The summed E-state index contributed by atoms with van der Waals surface area (Å²) in [5, 5.41) is 9.14. The van der Waals surface area contributed by atoms with Crippen molar-refractivity contribution in [3.8, 4) is 10.4 Å². The summed E-state index contributed by atoms with van der Waals surface area (Å²) in [6.07, 6.45) is 1.70. The third kappa shape index (κ3) is 3.54. The smallest absolute Gasteiger partial charge is 0.307 e. The number of carbonyl (C=O) groups is 1. The molecule has 1 fully saturated rings. The fourth-order valence-electron chi connectivity index (χ4n) is 2.88. The normalized spacial score (nSPS) is 19.2. The number of carboxylic acid groups (broad SMARTS) is 1. The van der Waals surface area contributed by atoms with Gasteiger partial charge < -0.3 is 5.11 Å². The average Bonchev–Trinajstić information content (AvgIpc) is 2.96. The molecule has 3 rings (SSSR count). The highest BCUT2D eigenvalue weighted by Gasteiger charge is 2.25. The minimum absolute atomic E-state index is 0.229. The fourth-order valence-corrected chi connectivity index (χ4v) is 3.93. The van der Waals surface area contributed by atoms with Gasteiger partial charge >= 0.3 is 5.97 Å². The minimum Gasteiger partial charge on any atom is -0.481 e. The van der Waals surface area contributed by atoms with Crippen molar-refractivity contribution >= 4 is 17.3 Å². The van der Waals surface area contributed by atoms with E-state index < -0.39 is 5.97 Å².